The Morgan fingerprint density at radius 2 is 1.68 bits per heavy atom. The summed E-state index contributed by atoms with van der Waals surface area (Å²) < 4.78 is 19.7. The standard InChI is InChI=1S/C24H14Cl2FNO3/c1-12-2-6-15(7-3-12)28-21(13-4-8-17(25)18(26)10-13)20-22(29)16-11-14(27)5-9-19(16)31-23(20)24(28)30/h2-11,21H,1H3. The smallest absolute Gasteiger partial charge is 0.295 e. The predicted octanol–water partition coefficient (Wildman–Crippen LogP) is 6.30. The van der Waals surface area contributed by atoms with Gasteiger partial charge in [0.25, 0.3) is 5.91 Å². The first-order valence-electron chi connectivity index (χ1n) is 9.46. The number of anilines is 1. The maximum atomic E-state index is 13.9. The number of aryl methyl sites for hydroxylation is 1. The van der Waals surface area contributed by atoms with E-state index in [4.69, 9.17) is 27.6 Å². The van der Waals surface area contributed by atoms with Gasteiger partial charge in [0.05, 0.1) is 27.0 Å². The van der Waals surface area contributed by atoms with Crippen LogP contribution >= 0.6 is 23.2 Å². The van der Waals surface area contributed by atoms with Gasteiger partial charge in [-0.15, -0.1) is 0 Å². The van der Waals surface area contributed by atoms with Crippen LogP contribution in [0.1, 0.15) is 33.3 Å². The number of rotatable bonds is 2. The van der Waals surface area contributed by atoms with Gasteiger partial charge in [-0.3, -0.25) is 14.5 Å². The minimum atomic E-state index is -0.802. The quantitative estimate of drug-likeness (QED) is 0.357. The summed E-state index contributed by atoms with van der Waals surface area (Å²) in [7, 11) is 0. The third-order valence-electron chi connectivity index (χ3n) is 5.40. The fourth-order valence-corrected chi connectivity index (χ4v) is 4.22. The summed E-state index contributed by atoms with van der Waals surface area (Å²) >= 11 is 12.3. The summed E-state index contributed by atoms with van der Waals surface area (Å²) in [5.41, 5.74) is 2.03. The van der Waals surface area contributed by atoms with Crippen molar-refractivity contribution in [1.82, 2.24) is 0 Å². The van der Waals surface area contributed by atoms with Crippen LogP contribution in [-0.2, 0) is 0 Å². The molecule has 0 radical (unpaired) electrons. The van der Waals surface area contributed by atoms with Crippen molar-refractivity contribution < 1.29 is 13.6 Å². The Hall–Kier alpha value is -3.15. The van der Waals surface area contributed by atoms with Gasteiger partial charge < -0.3 is 4.42 Å². The van der Waals surface area contributed by atoms with Gasteiger partial charge in [0, 0.05) is 5.69 Å². The molecule has 3 aromatic carbocycles. The summed E-state index contributed by atoms with van der Waals surface area (Å²) in [6, 6.07) is 15.1. The molecule has 0 aliphatic carbocycles. The molecule has 0 spiro atoms. The zero-order valence-electron chi connectivity index (χ0n) is 16.2. The summed E-state index contributed by atoms with van der Waals surface area (Å²) in [6.07, 6.45) is 0. The Balaban J connectivity index is 1.83. The van der Waals surface area contributed by atoms with Gasteiger partial charge >= 0.3 is 0 Å². The topological polar surface area (TPSA) is 50.5 Å². The van der Waals surface area contributed by atoms with Crippen molar-refractivity contribution in [2.24, 2.45) is 0 Å². The maximum Gasteiger partial charge on any atom is 0.295 e. The lowest BCUT2D eigenvalue weighted by Crippen LogP contribution is -2.29. The highest BCUT2D eigenvalue weighted by Gasteiger charge is 2.43. The molecule has 1 unspecified atom stereocenters. The monoisotopic (exact) mass is 453 g/mol. The van der Waals surface area contributed by atoms with Crippen LogP contribution in [0.5, 0.6) is 0 Å². The minimum absolute atomic E-state index is 0.0687. The van der Waals surface area contributed by atoms with Crippen LogP contribution in [0, 0.1) is 12.7 Å². The fourth-order valence-electron chi connectivity index (χ4n) is 3.91. The first-order chi connectivity index (χ1) is 14.8. The van der Waals surface area contributed by atoms with Crippen molar-refractivity contribution in [3.8, 4) is 0 Å². The van der Waals surface area contributed by atoms with Gasteiger partial charge in [-0.25, -0.2) is 4.39 Å². The molecular weight excluding hydrogens is 440 g/mol. The molecule has 4 nitrogen and oxygen atoms in total. The number of carbonyl (C=O) groups is 1. The largest absolute Gasteiger partial charge is 0.450 e. The van der Waals surface area contributed by atoms with Gasteiger partial charge in [-0.05, 0) is 55.0 Å². The second kappa shape index (κ2) is 7.22. The van der Waals surface area contributed by atoms with Crippen LogP contribution in [0.2, 0.25) is 10.0 Å². The maximum absolute atomic E-state index is 13.9. The number of benzene rings is 3. The molecule has 0 bridgehead atoms. The van der Waals surface area contributed by atoms with Gasteiger partial charge in [-0.1, -0.05) is 47.0 Å². The number of halogens is 3. The minimum Gasteiger partial charge on any atom is -0.450 e. The van der Waals surface area contributed by atoms with Gasteiger partial charge in [0.1, 0.15) is 11.4 Å². The second-order valence-electron chi connectivity index (χ2n) is 7.40. The van der Waals surface area contributed by atoms with E-state index < -0.39 is 23.2 Å². The molecule has 0 saturated carbocycles. The Morgan fingerprint density at radius 3 is 2.39 bits per heavy atom. The molecule has 5 rings (SSSR count). The molecule has 4 aromatic rings. The summed E-state index contributed by atoms with van der Waals surface area (Å²) in [5, 5.41) is 0.715. The normalized spacial score (nSPS) is 15.5. The molecular formula is C24H14Cl2FNO3. The first kappa shape index (κ1) is 19.8. The fraction of sp³-hybridized carbons (Fsp3) is 0.0833. The molecule has 2 heterocycles. The van der Waals surface area contributed by atoms with E-state index in [1.165, 1.54) is 17.0 Å². The van der Waals surface area contributed by atoms with E-state index in [1.807, 2.05) is 19.1 Å². The third kappa shape index (κ3) is 3.12. The van der Waals surface area contributed by atoms with E-state index in [-0.39, 0.29) is 22.3 Å². The Kier molecular flexibility index (Phi) is 4.61. The van der Waals surface area contributed by atoms with Crippen LogP contribution in [0.4, 0.5) is 10.1 Å². The molecule has 1 aliphatic heterocycles. The lowest BCUT2D eigenvalue weighted by Gasteiger charge is -2.25. The predicted molar refractivity (Wildman–Crippen MR) is 119 cm³/mol. The highest BCUT2D eigenvalue weighted by molar-refractivity contribution is 6.42. The van der Waals surface area contributed by atoms with Crippen molar-refractivity contribution in [2.45, 2.75) is 13.0 Å². The highest BCUT2D eigenvalue weighted by Crippen LogP contribution is 2.42. The third-order valence-corrected chi connectivity index (χ3v) is 6.14. The lowest BCUT2D eigenvalue weighted by molar-refractivity contribution is 0.0971. The van der Waals surface area contributed by atoms with Crippen molar-refractivity contribution in [3.05, 3.63) is 109 Å². The van der Waals surface area contributed by atoms with Gasteiger partial charge in [0.2, 0.25) is 5.76 Å². The molecule has 7 heteroatoms. The van der Waals surface area contributed by atoms with Crippen molar-refractivity contribution in [2.75, 3.05) is 4.90 Å². The zero-order chi connectivity index (χ0) is 21.9. The zero-order valence-corrected chi connectivity index (χ0v) is 17.7. The molecule has 1 atom stereocenters. The number of nitrogens with zero attached hydrogens (tertiary/aromatic N) is 1. The number of hydrogen-bond donors (Lipinski definition) is 0. The summed E-state index contributed by atoms with van der Waals surface area (Å²) in [6.45, 7) is 1.94. The molecule has 0 saturated heterocycles. The summed E-state index contributed by atoms with van der Waals surface area (Å²) in [4.78, 5) is 28.4. The van der Waals surface area contributed by atoms with Crippen LogP contribution in [-0.4, -0.2) is 5.91 Å². The van der Waals surface area contributed by atoms with Crippen LogP contribution in [0.25, 0.3) is 11.0 Å². The van der Waals surface area contributed by atoms with Crippen LogP contribution in [0.3, 0.4) is 0 Å². The molecule has 1 aromatic heterocycles. The van der Waals surface area contributed by atoms with Crippen LogP contribution < -0.4 is 10.3 Å². The van der Waals surface area contributed by atoms with E-state index in [9.17, 15) is 14.0 Å². The number of amides is 1. The Bertz CT molecular complexity index is 1430. The molecule has 0 N–H and O–H groups in total. The Labute approximate surface area is 186 Å². The first-order valence-corrected chi connectivity index (χ1v) is 10.2. The summed E-state index contributed by atoms with van der Waals surface area (Å²) in [5.74, 6) is -1.09. The van der Waals surface area contributed by atoms with Crippen molar-refractivity contribution in [3.63, 3.8) is 0 Å². The van der Waals surface area contributed by atoms with E-state index in [1.54, 1.807) is 30.3 Å². The average molecular weight is 454 g/mol. The molecule has 31 heavy (non-hydrogen) atoms. The molecule has 1 amide bonds. The molecule has 0 fully saturated rings. The van der Waals surface area contributed by atoms with Crippen LogP contribution in [0.15, 0.2) is 69.9 Å². The average Bonchev–Trinajstić information content (AvgIpc) is 3.04. The van der Waals surface area contributed by atoms with Gasteiger partial charge in [-0.2, -0.15) is 0 Å². The Morgan fingerprint density at radius 1 is 0.935 bits per heavy atom. The van der Waals surface area contributed by atoms with E-state index in [0.29, 0.717) is 21.3 Å². The van der Waals surface area contributed by atoms with E-state index in [2.05, 4.69) is 0 Å². The van der Waals surface area contributed by atoms with E-state index in [0.717, 1.165) is 11.6 Å². The number of fused-ring (bicyclic) bond motifs is 2. The molecule has 1 aliphatic rings. The van der Waals surface area contributed by atoms with Crippen molar-refractivity contribution >= 4 is 45.8 Å². The highest BCUT2D eigenvalue weighted by atomic mass is 35.5. The van der Waals surface area contributed by atoms with Crippen molar-refractivity contribution in [1.29, 1.82) is 0 Å². The molecule has 154 valence electrons. The SMILES string of the molecule is Cc1ccc(N2C(=O)c3oc4ccc(F)cc4c(=O)c3C2c2ccc(Cl)c(Cl)c2)cc1. The lowest BCUT2D eigenvalue weighted by atomic mass is 9.98. The second-order valence-corrected chi connectivity index (χ2v) is 8.22. The van der Waals surface area contributed by atoms with E-state index >= 15 is 0 Å². The number of hydrogen-bond acceptors (Lipinski definition) is 3. The number of carbonyl (C=O) groups excluding carboxylic acids is 1. The van der Waals surface area contributed by atoms with Gasteiger partial charge in [0.15, 0.2) is 5.43 Å².